The van der Waals surface area contributed by atoms with Gasteiger partial charge in [-0.2, -0.15) is 5.26 Å². The first kappa shape index (κ1) is 23.7. The Morgan fingerprint density at radius 2 is 2.00 bits per heavy atom. The zero-order chi connectivity index (χ0) is 24.5. The third-order valence-electron chi connectivity index (χ3n) is 6.40. The Balaban J connectivity index is 1.60. The van der Waals surface area contributed by atoms with E-state index in [9.17, 15) is 14.9 Å². The summed E-state index contributed by atoms with van der Waals surface area (Å²) in [4.78, 5) is 30.7. The lowest BCUT2D eigenvalue weighted by molar-refractivity contribution is -0.119. The fraction of sp³-hybridized carbons (Fsp3) is 0.333. The van der Waals surface area contributed by atoms with Crippen LogP contribution in [0, 0.1) is 22.7 Å². The molecule has 0 radical (unpaired) electrons. The van der Waals surface area contributed by atoms with E-state index in [1.54, 1.807) is 6.07 Å². The third kappa shape index (κ3) is 4.90. The van der Waals surface area contributed by atoms with Gasteiger partial charge in [-0.05, 0) is 60.4 Å². The molecule has 2 aromatic carbocycles. The smallest absolute Gasteiger partial charge is 0.339 e. The van der Waals surface area contributed by atoms with Crippen molar-refractivity contribution in [3.8, 4) is 6.07 Å². The molecule has 1 atom stereocenters. The van der Waals surface area contributed by atoms with E-state index in [4.69, 9.17) is 21.3 Å². The first-order valence-electron chi connectivity index (χ1n) is 11.2. The molecule has 0 saturated carbocycles. The molecule has 7 heteroatoms. The number of ether oxygens (including phenoxy) is 1. The van der Waals surface area contributed by atoms with Crippen LogP contribution in [0.5, 0.6) is 0 Å². The van der Waals surface area contributed by atoms with Crippen LogP contribution in [0.25, 0.3) is 10.9 Å². The van der Waals surface area contributed by atoms with Crippen LogP contribution in [-0.2, 0) is 22.4 Å². The summed E-state index contributed by atoms with van der Waals surface area (Å²) in [7, 11) is 0. The number of fused-ring (bicyclic) bond motifs is 2. The number of rotatable bonds is 4. The first-order valence-corrected chi connectivity index (χ1v) is 11.6. The summed E-state index contributed by atoms with van der Waals surface area (Å²) < 4.78 is 5.47. The van der Waals surface area contributed by atoms with Crippen molar-refractivity contribution < 1.29 is 14.3 Å². The van der Waals surface area contributed by atoms with Gasteiger partial charge in [0.2, 0.25) is 0 Å². The number of aryl methyl sites for hydroxylation is 1. The highest BCUT2D eigenvalue weighted by atomic mass is 35.5. The van der Waals surface area contributed by atoms with Gasteiger partial charge in [-0.3, -0.25) is 9.78 Å². The highest BCUT2D eigenvalue weighted by Crippen LogP contribution is 2.39. The molecule has 1 unspecified atom stereocenters. The SMILES string of the molecule is CC(C)(C)C1CCc2nc3ccccc3c(C(=O)OCC(=O)Nc3cc(Cl)ccc3C#N)c2C1. The zero-order valence-electron chi connectivity index (χ0n) is 19.4. The van der Waals surface area contributed by atoms with Gasteiger partial charge < -0.3 is 10.1 Å². The molecule has 1 heterocycles. The molecule has 1 amide bonds. The summed E-state index contributed by atoms with van der Waals surface area (Å²) in [5.41, 5.74) is 3.71. The summed E-state index contributed by atoms with van der Waals surface area (Å²) in [6.45, 7) is 6.16. The van der Waals surface area contributed by atoms with E-state index >= 15 is 0 Å². The maximum atomic E-state index is 13.3. The number of para-hydroxylation sites is 1. The van der Waals surface area contributed by atoms with Crippen molar-refractivity contribution in [1.29, 1.82) is 5.26 Å². The van der Waals surface area contributed by atoms with Gasteiger partial charge in [-0.25, -0.2) is 4.79 Å². The highest BCUT2D eigenvalue weighted by molar-refractivity contribution is 6.31. The van der Waals surface area contributed by atoms with Crippen molar-refractivity contribution in [2.24, 2.45) is 11.3 Å². The van der Waals surface area contributed by atoms with Crippen molar-refractivity contribution >= 4 is 40.1 Å². The minimum Gasteiger partial charge on any atom is -0.452 e. The van der Waals surface area contributed by atoms with Crippen molar-refractivity contribution in [3.05, 3.63) is 69.9 Å². The number of hydrogen-bond acceptors (Lipinski definition) is 5. The second-order valence-electron chi connectivity index (χ2n) is 9.66. The van der Waals surface area contributed by atoms with Crippen molar-refractivity contribution in [3.63, 3.8) is 0 Å². The fourth-order valence-electron chi connectivity index (χ4n) is 4.47. The van der Waals surface area contributed by atoms with E-state index in [-0.39, 0.29) is 16.7 Å². The number of amides is 1. The minimum atomic E-state index is -0.550. The summed E-state index contributed by atoms with van der Waals surface area (Å²) in [5.74, 6) is -0.692. The van der Waals surface area contributed by atoms with Gasteiger partial charge in [0.1, 0.15) is 6.07 Å². The number of nitrogens with zero attached hydrogens (tertiary/aromatic N) is 2. The first-order chi connectivity index (χ1) is 16.2. The van der Waals surface area contributed by atoms with Crippen LogP contribution in [0.2, 0.25) is 5.02 Å². The predicted octanol–water partition coefficient (Wildman–Crippen LogP) is 5.71. The Kier molecular flexibility index (Phi) is 6.58. The minimum absolute atomic E-state index is 0.0970. The molecular weight excluding hydrogens is 450 g/mol. The van der Waals surface area contributed by atoms with Crippen LogP contribution in [0.1, 0.15) is 54.4 Å². The Bertz CT molecular complexity index is 1320. The number of aromatic nitrogens is 1. The third-order valence-corrected chi connectivity index (χ3v) is 6.63. The Labute approximate surface area is 203 Å². The number of nitriles is 1. The van der Waals surface area contributed by atoms with Crippen LogP contribution >= 0.6 is 11.6 Å². The highest BCUT2D eigenvalue weighted by Gasteiger charge is 2.33. The van der Waals surface area contributed by atoms with Crippen LogP contribution in [0.3, 0.4) is 0 Å². The van der Waals surface area contributed by atoms with Crippen LogP contribution in [0.4, 0.5) is 5.69 Å². The molecule has 0 saturated heterocycles. The Morgan fingerprint density at radius 1 is 1.24 bits per heavy atom. The van der Waals surface area contributed by atoms with Gasteiger partial charge in [0.05, 0.1) is 22.3 Å². The van der Waals surface area contributed by atoms with Gasteiger partial charge in [0, 0.05) is 16.1 Å². The van der Waals surface area contributed by atoms with Crippen molar-refractivity contribution in [2.75, 3.05) is 11.9 Å². The quantitative estimate of drug-likeness (QED) is 0.488. The molecule has 6 nitrogen and oxygen atoms in total. The molecule has 1 aliphatic rings. The summed E-state index contributed by atoms with van der Waals surface area (Å²) >= 11 is 5.98. The van der Waals surface area contributed by atoms with E-state index in [2.05, 4.69) is 26.1 Å². The molecule has 1 aromatic heterocycles. The molecule has 0 bridgehead atoms. The van der Waals surface area contributed by atoms with E-state index in [1.807, 2.05) is 30.3 Å². The molecule has 174 valence electrons. The molecule has 0 spiro atoms. The van der Waals surface area contributed by atoms with Crippen LogP contribution in [-0.4, -0.2) is 23.5 Å². The number of anilines is 1. The maximum absolute atomic E-state index is 13.3. The Hall–Kier alpha value is -3.43. The zero-order valence-corrected chi connectivity index (χ0v) is 20.2. The van der Waals surface area contributed by atoms with Gasteiger partial charge in [-0.1, -0.05) is 50.6 Å². The molecule has 0 aliphatic heterocycles. The number of hydrogen-bond donors (Lipinski definition) is 1. The fourth-order valence-corrected chi connectivity index (χ4v) is 4.64. The summed E-state index contributed by atoms with van der Waals surface area (Å²) in [5, 5.41) is 13.0. The molecular formula is C27H26ClN3O3. The van der Waals surface area contributed by atoms with Crippen molar-refractivity contribution in [2.45, 2.75) is 40.0 Å². The van der Waals surface area contributed by atoms with Crippen LogP contribution < -0.4 is 5.32 Å². The standard InChI is InChI=1S/C27H26ClN3O3/c1-27(2,3)17-9-11-22-20(12-17)25(19-6-4-5-7-21(19)30-22)26(33)34-15-24(32)31-23-13-18(28)10-8-16(23)14-29/h4-8,10,13,17H,9,11-12,15H2,1-3H3,(H,31,32). The monoisotopic (exact) mass is 475 g/mol. The van der Waals surface area contributed by atoms with Gasteiger partial charge >= 0.3 is 5.97 Å². The molecule has 3 aromatic rings. The predicted molar refractivity (Wildman–Crippen MR) is 132 cm³/mol. The van der Waals surface area contributed by atoms with Gasteiger partial charge in [-0.15, -0.1) is 0 Å². The van der Waals surface area contributed by atoms with E-state index < -0.39 is 18.5 Å². The lowest BCUT2D eigenvalue weighted by Crippen LogP contribution is -2.29. The van der Waals surface area contributed by atoms with Crippen molar-refractivity contribution in [1.82, 2.24) is 4.98 Å². The second-order valence-corrected chi connectivity index (χ2v) is 10.1. The summed E-state index contributed by atoms with van der Waals surface area (Å²) in [6, 6.07) is 14.1. The van der Waals surface area contributed by atoms with Crippen LogP contribution in [0.15, 0.2) is 42.5 Å². The number of pyridine rings is 1. The van der Waals surface area contributed by atoms with Gasteiger partial charge in [0.25, 0.3) is 5.91 Å². The molecule has 1 aliphatic carbocycles. The molecule has 4 rings (SSSR count). The molecule has 1 N–H and O–H groups in total. The molecule has 34 heavy (non-hydrogen) atoms. The maximum Gasteiger partial charge on any atom is 0.339 e. The lowest BCUT2D eigenvalue weighted by Gasteiger charge is -2.35. The topological polar surface area (TPSA) is 92.1 Å². The largest absolute Gasteiger partial charge is 0.452 e. The number of nitrogens with one attached hydrogen (secondary N) is 1. The molecule has 0 fully saturated rings. The number of halogens is 1. The van der Waals surface area contributed by atoms with E-state index in [0.717, 1.165) is 41.4 Å². The second kappa shape index (κ2) is 9.44. The van der Waals surface area contributed by atoms with E-state index in [0.29, 0.717) is 16.5 Å². The lowest BCUT2D eigenvalue weighted by atomic mass is 9.70. The average molecular weight is 476 g/mol. The summed E-state index contributed by atoms with van der Waals surface area (Å²) in [6.07, 6.45) is 2.55. The Morgan fingerprint density at radius 3 is 2.74 bits per heavy atom. The van der Waals surface area contributed by atoms with Gasteiger partial charge in [0.15, 0.2) is 6.61 Å². The van der Waals surface area contributed by atoms with E-state index in [1.165, 1.54) is 12.1 Å². The number of carbonyl (C=O) groups is 2. The average Bonchev–Trinajstić information content (AvgIpc) is 2.80. The number of carbonyl (C=O) groups excluding carboxylic acids is 2. The normalized spacial score (nSPS) is 15.3. The number of esters is 1. The number of benzene rings is 2.